The molecule has 2 atom stereocenters. The number of carbonyl (C=O) groups excluding carboxylic acids is 1. The second-order valence-electron chi connectivity index (χ2n) is 4.28. The predicted molar refractivity (Wildman–Crippen MR) is 86.3 cm³/mol. The molecule has 0 aliphatic heterocycles. The van der Waals surface area contributed by atoms with Crippen molar-refractivity contribution in [1.29, 1.82) is 0 Å². The molecule has 0 heterocycles. The van der Waals surface area contributed by atoms with Crippen LogP contribution in [0, 0.1) is 13.7 Å². The van der Waals surface area contributed by atoms with E-state index >= 15 is 0 Å². The molecule has 110 valence electrons. The minimum atomic E-state index is -0.926. The molecule has 1 aromatic rings. The molecule has 20 heavy (non-hydrogen) atoms. The molecule has 2 unspecified atom stereocenters. The van der Waals surface area contributed by atoms with Gasteiger partial charge in [0.15, 0.2) is 0 Å². The molecule has 1 N–H and O–H groups in total. The van der Waals surface area contributed by atoms with Crippen molar-refractivity contribution >= 4 is 45.0 Å². The Labute approximate surface area is 133 Å². The zero-order chi connectivity index (χ0) is 15.3. The average molecular weight is 410 g/mol. The number of nitrogens with zero attached hydrogens (tertiary/aromatic N) is 1. The summed E-state index contributed by atoms with van der Waals surface area (Å²) in [6, 6.07) is 4.16. The third-order valence-corrected chi connectivity index (χ3v) is 5.12. The largest absolute Gasteiger partial charge is 0.352 e. The summed E-state index contributed by atoms with van der Waals surface area (Å²) in [6.45, 7) is 2.23. The van der Waals surface area contributed by atoms with E-state index in [9.17, 15) is 19.1 Å². The van der Waals surface area contributed by atoms with Crippen molar-refractivity contribution in [1.82, 2.24) is 5.32 Å². The molecule has 1 amide bonds. The lowest BCUT2D eigenvalue weighted by atomic mass is 10.2. The maximum atomic E-state index is 12.0. The van der Waals surface area contributed by atoms with Crippen molar-refractivity contribution in [2.45, 2.75) is 18.6 Å². The van der Waals surface area contributed by atoms with Gasteiger partial charge in [0, 0.05) is 44.6 Å². The van der Waals surface area contributed by atoms with E-state index in [-0.39, 0.29) is 22.4 Å². The van der Waals surface area contributed by atoms with Crippen LogP contribution in [0.3, 0.4) is 0 Å². The van der Waals surface area contributed by atoms with Crippen LogP contribution in [-0.4, -0.2) is 33.1 Å². The first-order valence-electron chi connectivity index (χ1n) is 5.87. The van der Waals surface area contributed by atoms with Crippen molar-refractivity contribution in [3.05, 3.63) is 37.4 Å². The molecular weight excluding hydrogens is 395 g/mol. The van der Waals surface area contributed by atoms with Crippen LogP contribution in [0.1, 0.15) is 23.7 Å². The summed E-state index contributed by atoms with van der Waals surface area (Å²) in [6.07, 6.45) is 2.22. The van der Waals surface area contributed by atoms with E-state index in [1.165, 1.54) is 18.2 Å². The number of rotatable bonds is 6. The number of nitro groups is 1. The topological polar surface area (TPSA) is 89.3 Å². The summed E-state index contributed by atoms with van der Waals surface area (Å²) < 4.78 is 11.8. The molecule has 0 saturated heterocycles. The Hall–Kier alpha value is -1.03. The summed E-state index contributed by atoms with van der Waals surface area (Å²) in [5, 5.41) is 13.4. The number of non-ortho nitro benzene ring substituents is 1. The monoisotopic (exact) mass is 410 g/mol. The minimum Gasteiger partial charge on any atom is -0.352 e. The summed E-state index contributed by atoms with van der Waals surface area (Å²) in [5.41, 5.74) is 0.170. The third kappa shape index (κ3) is 4.82. The van der Waals surface area contributed by atoms with E-state index < -0.39 is 15.7 Å². The fraction of sp³-hybridized carbons (Fsp3) is 0.417. The van der Waals surface area contributed by atoms with Crippen LogP contribution in [0.5, 0.6) is 0 Å². The SMILES string of the molecule is CC(CCNC(=O)c1cc([N+](=O)[O-])ccc1I)S(C)=O. The van der Waals surface area contributed by atoms with Gasteiger partial charge in [-0.2, -0.15) is 0 Å². The van der Waals surface area contributed by atoms with Gasteiger partial charge in [-0.1, -0.05) is 6.92 Å². The molecule has 0 fully saturated rings. The molecule has 1 aromatic carbocycles. The zero-order valence-electron chi connectivity index (χ0n) is 11.1. The number of halogens is 1. The Bertz CT molecular complexity index is 550. The lowest BCUT2D eigenvalue weighted by molar-refractivity contribution is -0.384. The van der Waals surface area contributed by atoms with E-state index in [0.717, 1.165) is 0 Å². The van der Waals surface area contributed by atoms with Gasteiger partial charge in [0.05, 0.1) is 10.5 Å². The molecular formula is C12H15IN2O4S. The normalized spacial score (nSPS) is 13.6. The fourth-order valence-corrected chi connectivity index (χ4v) is 2.48. The second kappa shape index (κ2) is 7.67. The van der Waals surface area contributed by atoms with Crippen molar-refractivity contribution in [2.75, 3.05) is 12.8 Å². The highest BCUT2D eigenvalue weighted by atomic mass is 127. The first kappa shape index (κ1) is 17.0. The molecule has 0 saturated carbocycles. The summed E-state index contributed by atoms with van der Waals surface area (Å²) in [7, 11) is -0.926. The lowest BCUT2D eigenvalue weighted by Crippen LogP contribution is -2.28. The van der Waals surface area contributed by atoms with Gasteiger partial charge in [-0.05, 0) is 35.1 Å². The number of hydrogen-bond acceptors (Lipinski definition) is 4. The Balaban J connectivity index is 2.70. The molecule has 1 rings (SSSR count). The van der Waals surface area contributed by atoms with Gasteiger partial charge >= 0.3 is 0 Å². The first-order valence-corrected chi connectivity index (χ1v) is 8.57. The highest BCUT2D eigenvalue weighted by Crippen LogP contribution is 2.19. The van der Waals surface area contributed by atoms with E-state index in [1.807, 2.05) is 29.5 Å². The maximum absolute atomic E-state index is 12.0. The molecule has 0 spiro atoms. The van der Waals surface area contributed by atoms with Gasteiger partial charge in [-0.3, -0.25) is 19.1 Å². The Morgan fingerprint density at radius 2 is 2.20 bits per heavy atom. The van der Waals surface area contributed by atoms with Crippen LogP contribution in [0.25, 0.3) is 0 Å². The Morgan fingerprint density at radius 3 is 2.75 bits per heavy atom. The van der Waals surface area contributed by atoms with E-state index in [1.54, 1.807) is 6.26 Å². The first-order chi connectivity index (χ1) is 9.32. The second-order valence-corrected chi connectivity index (χ2v) is 7.24. The van der Waals surface area contributed by atoms with Gasteiger partial charge < -0.3 is 5.32 Å². The number of carbonyl (C=O) groups is 1. The van der Waals surface area contributed by atoms with Crippen LogP contribution in [0.4, 0.5) is 5.69 Å². The molecule has 6 nitrogen and oxygen atoms in total. The number of nitrogens with one attached hydrogen (secondary N) is 1. The Kier molecular flexibility index (Phi) is 6.53. The number of amides is 1. The van der Waals surface area contributed by atoms with Gasteiger partial charge in [-0.25, -0.2) is 0 Å². The van der Waals surface area contributed by atoms with Crippen LogP contribution >= 0.6 is 22.6 Å². The average Bonchev–Trinajstić information content (AvgIpc) is 2.38. The van der Waals surface area contributed by atoms with Crippen LogP contribution < -0.4 is 5.32 Å². The quantitative estimate of drug-likeness (QED) is 0.442. The maximum Gasteiger partial charge on any atom is 0.270 e. The predicted octanol–water partition coefficient (Wildman–Crippen LogP) is 2.09. The molecule has 0 radical (unpaired) electrons. The van der Waals surface area contributed by atoms with E-state index in [2.05, 4.69) is 5.32 Å². The molecule has 8 heteroatoms. The fourth-order valence-electron chi connectivity index (χ4n) is 1.45. The smallest absolute Gasteiger partial charge is 0.270 e. The minimum absolute atomic E-state index is 0.000480. The van der Waals surface area contributed by atoms with Crippen molar-refractivity contribution in [2.24, 2.45) is 0 Å². The van der Waals surface area contributed by atoms with Crippen LogP contribution in [-0.2, 0) is 10.8 Å². The molecule has 0 aliphatic rings. The number of benzene rings is 1. The zero-order valence-corrected chi connectivity index (χ0v) is 14.1. The van der Waals surface area contributed by atoms with Crippen molar-refractivity contribution in [3.8, 4) is 0 Å². The highest BCUT2D eigenvalue weighted by Gasteiger charge is 2.15. The number of nitro benzene ring substituents is 1. The standard InChI is InChI=1S/C12H15IN2O4S/c1-8(20(2)19)5-6-14-12(16)10-7-9(15(17)18)3-4-11(10)13/h3-4,7-8H,5-6H2,1-2H3,(H,14,16). The van der Waals surface area contributed by atoms with Gasteiger partial charge in [0.25, 0.3) is 11.6 Å². The van der Waals surface area contributed by atoms with E-state index in [4.69, 9.17) is 0 Å². The number of hydrogen-bond donors (Lipinski definition) is 1. The summed E-state index contributed by atoms with van der Waals surface area (Å²) in [5.74, 6) is -0.354. The Morgan fingerprint density at radius 1 is 1.55 bits per heavy atom. The molecule has 0 aliphatic carbocycles. The van der Waals surface area contributed by atoms with Crippen molar-refractivity contribution in [3.63, 3.8) is 0 Å². The van der Waals surface area contributed by atoms with Crippen LogP contribution in [0.2, 0.25) is 0 Å². The highest BCUT2D eigenvalue weighted by molar-refractivity contribution is 14.1. The van der Waals surface area contributed by atoms with Gasteiger partial charge in [0.1, 0.15) is 0 Å². The van der Waals surface area contributed by atoms with E-state index in [0.29, 0.717) is 16.5 Å². The molecule has 0 bridgehead atoms. The van der Waals surface area contributed by atoms with Crippen LogP contribution in [0.15, 0.2) is 18.2 Å². The molecule has 0 aromatic heterocycles. The third-order valence-electron chi connectivity index (χ3n) is 2.81. The summed E-state index contributed by atoms with van der Waals surface area (Å²) >= 11 is 1.96. The van der Waals surface area contributed by atoms with Crippen molar-refractivity contribution < 1.29 is 13.9 Å². The van der Waals surface area contributed by atoms with Gasteiger partial charge in [0.2, 0.25) is 0 Å². The summed E-state index contributed by atoms with van der Waals surface area (Å²) in [4.78, 5) is 22.1. The lowest BCUT2D eigenvalue weighted by Gasteiger charge is -2.10. The van der Waals surface area contributed by atoms with Gasteiger partial charge in [-0.15, -0.1) is 0 Å².